The zero-order valence-electron chi connectivity index (χ0n) is 5.90. The van der Waals surface area contributed by atoms with Gasteiger partial charge in [0.25, 0.3) is 0 Å². The maximum atomic E-state index is 5.43. The van der Waals surface area contributed by atoms with E-state index >= 15 is 0 Å². The van der Waals surface area contributed by atoms with E-state index < -0.39 is 8.32 Å². The molecule has 50 valence electrons. The van der Waals surface area contributed by atoms with Gasteiger partial charge in [-0.05, 0) is 20.0 Å². The summed E-state index contributed by atoms with van der Waals surface area (Å²) in [7, 11) is -1.40. The van der Waals surface area contributed by atoms with E-state index in [1.54, 1.807) is 0 Å². The van der Waals surface area contributed by atoms with Crippen LogP contribution in [0, 0.1) is 0 Å². The summed E-state index contributed by atoms with van der Waals surface area (Å²) in [4.78, 5) is 0. The highest BCUT2D eigenvalue weighted by Crippen LogP contribution is 1.99. The second-order valence-corrected chi connectivity index (χ2v) is 6.61. The van der Waals surface area contributed by atoms with Gasteiger partial charge in [0.2, 0.25) is 0 Å². The van der Waals surface area contributed by atoms with Crippen LogP contribution in [-0.4, -0.2) is 21.1 Å². The first-order valence-electron chi connectivity index (χ1n) is 2.96. The standard InChI is InChI=1S/C5H15NOSi/c1-4-7-8(2,3)5-6/h4-6H2,1-3H3. The van der Waals surface area contributed by atoms with Gasteiger partial charge in [-0.2, -0.15) is 0 Å². The Kier molecular flexibility index (Phi) is 3.27. The summed E-state index contributed by atoms with van der Waals surface area (Å²) >= 11 is 0. The van der Waals surface area contributed by atoms with E-state index in [0.717, 1.165) is 12.8 Å². The van der Waals surface area contributed by atoms with Gasteiger partial charge in [-0.15, -0.1) is 0 Å². The second kappa shape index (κ2) is 3.22. The van der Waals surface area contributed by atoms with E-state index in [1.165, 1.54) is 0 Å². The molecule has 0 aliphatic rings. The van der Waals surface area contributed by atoms with Crippen molar-refractivity contribution in [2.45, 2.75) is 20.0 Å². The summed E-state index contributed by atoms with van der Waals surface area (Å²) in [5, 5.41) is 0. The van der Waals surface area contributed by atoms with Gasteiger partial charge >= 0.3 is 0 Å². The van der Waals surface area contributed by atoms with Crippen LogP contribution in [0.4, 0.5) is 0 Å². The summed E-state index contributed by atoms with van der Waals surface area (Å²) in [5.74, 6) is 0. The fraction of sp³-hybridized carbons (Fsp3) is 1.00. The van der Waals surface area contributed by atoms with Gasteiger partial charge in [-0.25, -0.2) is 0 Å². The van der Waals surface area contributed by atoms with E-state index in [-0.39, 0.29) is 0 Å². The molecule has 0 unspecified atom stereocenters. The number of rotatable bonds is 3. The molecule has 0 fully saturated rings. The third kappa shape index (κ3) is 3.18. The van der Waals surface area contributed by atoms with Crippen LogP contribution in [0.15, 0.2) is 0 Å². The van der Waals surface area contributed by atoms with E-state index in [9.17, 15) is 0 Å². The monoisotopic (exact) mass is 133 g/mol. The highest BCUT2D eigenvalue weighted by atomic mass is 28.4. The third-order valence-electron chi connectivity index (χ3n) is 1.03. The highest BCUT2D eigenvalue weighted by molar-refractivity contribution is 6.71. The van der Waals surface area contributed by atoms with Gasteiger partial charge in [0.15, 0.2) is 8.32 Å². The Bertz CT molecular complexity index is 65.4. The highest BCUT2D eigenvalue weighted by Gasteiger charge is 2.17. The lowest BCUT2D eigenvalue weighted by Gasteiger charge is -2.18. The van der Waals surface area contributed by atoms with Crippen LogP contribution in [0.1, 0.15) is 6.92 Å². The summed E-state index contributed by atoms with van der Waals surface area (Å²) < 4.78 is 5.39. The number of nitrogens with two attached hydrogens (primary N) is 1. The van der Waals surface area contributed by atoms with Crippen molar-refractivity contribution in [1.82, 2.24) is 0 Å². The first-order chi connectivity index (χ1) is 3.62. The lowest BCUT2D eigenvalue weighted by molar-refractivity contribution is 0.330. The summed E-state index contributed by atoms with van der Waals surface area (Å²) in [6.45, 7) is 7.05. The average molecular weight is 133 g/mol. The van der Waals surface area contributed by atoms with Crippen LogP contribution < -0.4 is 5.73 Å². The van der Waals surface area contributed by atoms with Crippen molar-refractivity contribution >= 4 is 8.32 Å². The Morgan fingerprint density at radius 2 is 2.00 bits per heavy atom. The minimum atomic E-state index is -1.40. The largest absolute Gasteiger partial charge is 0.416 e. The van der Waals surface area contributed by atoms with Crippen molar-refractivity contribution in [3.8, 4) is 0 Å². The molecule has 0 aliphatic heterocycles. The number of hydrogen-bond donors (Lipinski definition) is 1. The Hall–Kier alpha value is 0.137. The van der Waals surface area contributed by atoms with E-state index in [1.807, 2.05) is 6.92 Å². The van der Waals surface area contributed by atoms with Crippen molar-refractivity contribution in [1.29, 1.82) is 0 Å². The average Bonchev–Trinajstić information content (AvgIpc) is 1.67. The molecule has 0 atom stereocenters. The molecule has 2 nitrogen and oxygen atoms in total. The Labute approximate surface area is 52.2 Å². The SMILES string of the molecule is CCO[Si](C)(C)CN. The Morgan fingerprint density at radius 3 is 2.12 bits per heavy atom. The van der Waals surface area contributed by atoms with Gasteiger partial charge in [-0.3, -0.25) is 0 Å². The molecule has 0 rings (SSSR count). The molecule has 0 spiro atoms. The molecule has 0 heterocycles. The molecule has 3 heteroatoms. The van der Waals surface area contributed by atoms with Crippen molar-refractivity contribution in [2.24, 2.45) is 5.73 Å². The predicted molar refractivity (Wildman–Crippen MR) is 38.2 cm³/mol. The van der Waals surface area contributed by atoms with E-state index in [0.29, 0.717) is 0 Å². The maximum absolute atomic E-state index is 5.43. The van der Waals surface area contributed by atoms with E-state index in [2.05, 4.69) is 13.1 Å². The van der Waals surface area contributed by atoms with Crippen molar-refractivity contribution in [2.75, 3.05) is 12.8 Å². The molecule has 0 aromatic carbocycles. The summed E-state index contributed by atoms with van der Waals surface area (Å²) in [6.07, 6.45) is 0.723. The lowest BCUT2D eigenvalue weighted by Crippen LogP contribution is -2.39. The molecule has 0 amide bonds. The third-order valence-corrected chi connectivity index (χ3v) is 3.08. The quantitative estimate of drug-likeness (QED) is 0.576. The molecule has 0 aromatic rings. The first-order valence-corrected chi connectivity index (χ1v) is 6.08. The Balaban J connectivity index is 3.37. The van der Waals surface area contributed by atoms with Crippen LogP contribution in [0.5, 0.6) is 0 Å². The Morgan fingerprint density at radius 1 is 1.50 bits per heavy atom. The topological polar surface area (TPSA) is 35.2 Å². The fourth-order valence-electron chi connectivity index (χ4n) is 0.450. The molecule has 8 heavy (non-hydrogen) atoms. The molecule has 0 saturated heterocycles. The lowest BCUT2D eigenvalue weighted by atomic mass is 10.9. The van der Waals surface area contributed by atoms with Crippen LogP contribution in [0.25, 0.3) is 0 Å². The van der Waals surface area contributed by atoms with Gasteiger partial charge in [0.05, 0.1) is 0 Å². The first kappa shape index (κ1) is 8.14. The molecular formula is C5H15NOSi. The number of hydrogen-bond acceptors (Lipinski definition) is 2. The predicted octanol–water partition coefficient (Wildman–Crippen LogP) is 0.726. The van der Waals surface area contributed by atoms with Gasteiger partial charge in [-0.1, -0.05) is 0 Å². The minimum Gasteiger partial charge on any atom is -0.416 e. The minimum absolute atomic E-state index is 0.723. The van der Waals surface area contributed by atoms with Crippen molar-refractivity contribution < 1.29 is 4.43 Å². The molecule has 0 radical (unpaired) electrons. The maximum Gasteiger partial charge on any atom is 0.199 e. The van der Waals surface area contributed by atoms with Gasteiger partial charge in [0, 0.05) is 12.8 Å². The smallest absolute Gasteiger partial charge is 0.199 e. The van der Waals surface area contributed by atoms with Crippen molar-refractivity contribution in [3.63, 3.8) is 0 Å². The normalized spacial score (nSPS) is 12.0. The van der Waals surface area contributed by atoms with Crippen LogP contribution in [0.3, 0.4) is 0 Å². The second-order valence-electron chi connectivity index (χ2n) is 2.40. The molecule has 0 aromatic heterocycles. The molecule has 2 N–H and O–H groups in total. The summed E-state index contributed by atoms with van der Waals surface area (Å²) in [6, 6.07) is 0. The van der Waals surface area contributed by atoms with Crippen molar-refractivity contribution in [3.05, 3.63) is 0 Å². The molecule has 0 saturated carbocycles. The zero-order valence-corrected chi connectivity index (χ0v) is 6.90. The zero-order chi connectivity index (χ0) is 6.62. The van der Waals surface area contributed by atoms with Gasteiger partial charge < -0.3 is 10.2 Å². The van der Waals surface area contributed by atoms with Crippen LogP contribution >= 0.6 is 0 Å². The van der Waals surface area contributed by atoms with Crippen LogP contribution in [-0.2, 0) is 4.43 Å². The van der Waals surface area contributed by atoms with Gasteiger partial charge in [0.1, 0.15) is 0 Å². The fourth-order valence-corrected chi connectivity index (χ4v) is 1.35. The summed E-state index contributed by atoms with van der Waals surface area (Å²) in [5.41, 5.74) is 5.43. The van der Waals surface area contributed by atoms with Crippen LogP contribution in [0.2, 0.25) is 13.1 Å². The van der Waals surface area contributed by atoms with E-state index in [4.69, 9.17) is 10.2 Å². The molecule has 0 aliphatic carbocycles. The molecular weight excluding hydrogens is 118 g/mol. The molecule has 0 bridgehead atoms.